The van der Waals surface area contributed by atoms with E-state index in [9.17, 15) is 18.0 Å². The number of halogens is 1. The zero-order valence-electron chi connectivity index (χ0n) is 7.06. The molecular formula is C8H3ClO5S. The summed E-state index contributed by atoms with van der Waals surface area (Å²) in [6, 6.07) is 3.47. The van der Waals surface area contributed by atoms with Crippen LogP contribution in [0.15, 0.2) is 23.1 Å². The van der Waals surface area contributed by atoms with Crippen molar-refractivity contribution in [1.29, 1.82) is 0 Å². The van der Waals surface area contributed by atoms with Gasteiger partial charge in [-0.25, -0.2) is 4.79 Å². The van der Waals surface area contributed by atoms with Crippen molar-refractivity contribution >= 4 is 32.9 Å². The van der Waals surface area contributed by atoms with Crippen molar-refractivity contribution in [3.8, 4) is 0 Å². The Morgan fingerprint density at radius 2 is 2.00 bits per heavy atom. The van der Waals surface area contributed by atoms with Crippen LogP contribution in [0.1, 0.15) is 20.7 Å². The molecule has 7 heteroatoms. The lowest BCUT2D eigenvalue weighted by atomic mass is 10.1. The molecule has 0 bridgehead atoms. The van der Waals surface area contributed by atoms with Crippen LogP contribution in [-0.2, 0) is 14.3 Å². The molecule has 0 amide bonds. The summed E-state index contributed by atoms with van der Waals surface area (Å²) in [7, 11) is -4.07. The molecule has 5 nitrogen and oxygen atoms in total. The molecule has 1 aromatic rings. The van der Waals surface area contributed by atoms with Gasteiger partial charge in [0.15, 0.2) is 0 Å². The summed E-state index contributed by atoms with van der Waals surface area (Å²) < 4.78 is 26.6. The lowest BCUT2D eigenvalue weighted by molar-refractivity contribution is 0.0762. The number of carbonyl (C=O) groups is 2. The summed E-state index contributed by atoms with van der Waals surface area (Å²) in [6.45, 7) is 0. The molecule has 0 spiro atoms. The van der Waals surface area contributed by atoms with Gasteiger partial charge < -0.3 is 4.18 Å². The highest BCUT2D eigenvalue weighted by molar-refractivity contribution is 7.87. The predicted molar refractivity (Wildman–Crippen MR) is 49.2 cm³/mol. The molecule has 0 radical (unpaired) electrons. The normalized spacial score (nSPS) is 17.0. The molecule has 0 fully saturated rings. The summed E-state index contributed by atoms with van der Waals surface area (Å²) in [6.07, 6.45) is 0. The van der Waals surface area contributed by atoms with Crippen LogP contribution in [-0.4, -0.2) is 19.6 Å². The molecule has 1 aliphatic heterocycles. The lowest BCUT2D eigenvalue weighted by Crippen LogP contribution is -1.99. The molecule has 0 aromatic heterocycles. The van der Waals surface area contributed by atoms with Crippen molar-refractivity contribution in [2.75, 3.05) is 0 Å². The Labute approximate surface area is 89.7 Å². The molecule has 0 atom stereocenters. The van der Waals surface area contributed by atoms with Gasteiger partial charge in [0, 0.05) is 5.56 Å². The van der Waals surface area contributed by atoms with Crippen molar-refractivity contribution < 1.29 is 22.2 Å². The highest BCUT2D eigenvalue weighted by atomic mass is 35.5. The molecule has 0 unspecified atom stereocenters. The number of hydrogen-bond acceptors (Lipinski definition) is 5. The SMILES string of the molecule is O=C(Cl)c1ccc2c(c1)S(=O)(=O)OC2=O. The number of carbonyl (C=O) groups excluding carboxylic acids is 2. The summed E-state index contributed by atoms with van der Waals surface area (Å²) in [5, 5.41) is -0.799. The first kappa shape index (κ1) is 10.1. The number of rotatable bonds is 1. The van der Waals surface area contributed by atoms with Crippen molar-refractivity contribution in [1.82, 2.24) is 0 Å². The molecule has 1 aromatic carbocycles. The first-order chi connectivity index (χ1) is 6.92. The number of hydrogen-bond donors (Lipinski definition) is 0. The van der Waals surface area contributed by atoms with E-state index in [1.165, 1.54) is 12.1 Å². The highest BCUT2D eigenvalue weighted by Crippen LogP contribution is 2.28. The van der Waals surface area contributed by atoms with Crippen LogP contribution in [0.2, 0.25) is 0 Å². The van der Waals surface area contributed by atoms with E-state index >= 15 is 0 Å². The third-order valence-corrected chi connectivity index (χ3v) is 3.35. The minimum absolute atomic E-state index is 0.00251. The fourth-order valence-corrected chi connectivity index (χ4v) is 2.40. The van der Waals surface area contributed by atoms with Crippen molar-refractivity contribution in [3.05, 3.63) is 29.3 Å². The Morgan fingerprint density at radius 3 is 2.60 bits per heavy atom. The third-order valence-electron chi connectivity index (χ3n) is 1.88. The summed E-state index contributed by atoms with van der Waals surface area (Å²) in [5.41, 5.74) is -0.0889. The van der Waals surface area contributed by atoms with Crippen molar-refractivity contribution in [3.63, 3.8) is 0 Å². The molecule has 0 aliphatic carbocycles. The van der Waals surface area contributed by atoms with Gasteiger partial charge in [-0.2, -0.15) is 8.42 Å². The van der Waals surface area contributed by atoms with Gasteiger partial charge in [-0.3, -0.25) is 4.79 Å². The van der Waals surface area contributed by atoms with Crippen molar-refractivity contribution in [2.45, 2.75) is 4.90 Å². The second-order valence-electron chi connectivity index (χ2n) is 2.81. The molecule has 1 heterocycles. The van der Waals surface area contributed by atoms with E-state index in [0.29, 0.717) is 0 Å². The van der Waals surface area contributed by atoms with E-state index in [-0.39, 0.29) is 16.0 Å². The maximum Gasteiger partial charge on any atom is 0.355 e. The molecule has 0 saturated heterocycles. The Bertz CT molecular complexity index is 575. The molecule has 0 N–H and O–H groups in total. The van der Waals surface area contributed by atoms with Gasteiger partial charge in [0.25, 0.3) is 5.24 Å². The van der Waals surface area contributed by atoms with E-state index in [2.05, 4.69) is 4.18 Å². The van der Waals surface area contributed by atoms with Crippen LogP contribution >= 0.6 is 11.6 Å². The Hall–Kier alpha value is -1.40. The second kappa shape index (κ2) is 3.04. The monoisotopic (exact) mass is 246 g/mol. The minimum Gasteiger partial charge on any atom is -0.338 e. The van der Waals surface area contributed by atoms with Gasteiger partial charge in [0.1, 0.15) is 4.90 Å². The van der Waals surface area contributed by atoms with Crippen LogP contribution in [0.3, 0.4) is 0 Å². The van der Waals surface area contributed by atoms with E-state index in [1.54, 1.807) is 0 Å². The Morgan fingerprint density at radius 1 is 1.33 bits per heavy atom. The van der Waals surface area contributed by atoms with Gasteiger partial charge in [0.05, 0.1) is 5.56 Å². The first-order valence-electron chi connectivity index (χ1n) is 3.74. The first-order valence-corrected chi connectivity index (χ1v) is 5.53. The highest BCUT2D eigenvalue weighted by Gasteiger charge is 2.35. The average molecular weight is 247 g/mol. The fourth-order valence-electron chi connectivity index (χ4n) is 1.21. The summed E-state index contributed by atoms with van der Waals surface area (Å²) in [4.78, 5) is 21.5. The predicted octanol–water partition coefficient (Wildman–Crippen LogP) is 0.925. The average Bonchev–Trinajstić information content (AvgIpc) is 2.37. The summed E-state index contributed by atoms with van der Waals surface area (Å²) in [5.74, 6) is -0.946. The number of fused-ring (bicyclic) bond motifs is 1. The lowest BCUT2D eigenvalue weighted by Gasteiger charge is -1.95. The van der Waals surface area contributed by atoms with E-state index in [0.717, 1.165) is 6.07 Å². The molecule has 1 aliphatic rings. The van der Waals surface area contributed by atoms with E-state index in [4.69, 9.17) is 11.6 Å². The third kappa shape index (κ3) is 1.51. The van der Waals surface area contributed by atoms with Crippen LogP contribution in [0.25, 0.3) is 0 Å². The van der Waals surface area contributed by atoms with E-state index < -0.39 is 21.3 Å². The molecular weight excluding hydrogens is 244 g/mol. The zero-order valence-corrected chi connectivity index (χ0v) is 8.63. The van der Waals surface area contributed by atoms with Crippen LogP contribution < -0.4 is 0 Å². The quantitative estimate of drug-likeness (QED) is 0.544. The van der Waals surface area contributed by atoms with Crippen LogP contribution in [0.4, 0.5) is 0 Å². The largest absolute Gasteiger partial charge is 0.355 e. The van der Waals surface area contributed by atoms with Gasteiger partial charge in [-0.05, 0) is 29.8 Å². The number of benzene rings is 1. The van der Waals surface area contributed by atoms with Crippen LogP contribution in [0.5, 0.6) is 0 Å². The summed E-state index contributed by atoms with van der Waals surface area (Å²) >= 11 is 5.17. The maximum atomic E-state index is 11.2. The smallest absolute Gasteiger partial charge is 0.338 e. The zero-order chi connectivity index (χ0) is 11.2. The Kier molecular flexibility index (Phi) is 2.06. The fraction of sp³-hybridized carbons (Fsp3) is 0. The Balaban J connectivity index is 2.73. The molecule has 15 heavy (non-hydrogen) atoms. The van der Waals surface area contributed by atoms with Crippen molar-refractivity contribution in [2.24, 2.45) is 0 Å². The standard InChI is InChI=1S/C8H3ClO5S/c9-7(10)4-1-2-5-6(3-4)15(12,13)14-8(5)11/h1-3H. The van der Waals surface area contributed by atoms with Gasteiger partial charge >= 0.3 is 16.1 Å². The molecule has 78 valence electrons. The van der Waals surface area contributed by atoms with Gasteiger partial charge in [-0.1, -0.05) is 0 Å². The van der Waals surface area contributed by atoms with Gasteiger partial charge in [-0.15, -0.1) is 0 Å². The molecule has 0 saturated carbocycles. The topological polar surface area (TPSA) is 77.5 Å². The molecule has 2 rings (SSSR count). The van der Waals surface area contributed by atoms with Crippen LogP contribution in [0, 0.1) is 0 Å². The maximum absolute atomic E-state index is 11.2. The second-order valence-corrected chi connectivity index (χ2v) is 4.67. The van der Waals surface area contributed by atoms with E-state index in [1.807, 2.05) is 0 Å². The minimum atomic E-state index is -4.07. The van der Waals surface area contributed by atoms with Gasteiger partial charge in [0.2, 0.25) is 0 Å².